The lowest BCUT2D eigenvalue weighted by Gasteiger charge is -2.12. The van der Waals surface area contributed by atoms with Crippen molar-refractivity contribution < 1.29 is 19.1 Å². The van der Waals surface area contributed by atoms with Crippen molar-refractivity contribution in [1.82, 2.24) is 9.88 Å². The number of para-hydroxylation sites is 1. The van der Waals surface area contributed by atoms with Gasteiger partial charge < -0.3 is 19.9 Å². The van der Waals surface area contributed by atoms with Crippen LogP contribution in [0, 0.1) is 0 Å². The van der Waals surface area contributed by atoms with Crippen molar-refractivity contribution in [3.63, 3.8) is 0 Å². The van der Waals surface area contributed by atoms with E-state index in [1.54, 1.807) is 25.1 Å². The van der Waals surface area contributed by atoms with Crippen molar-refractivity contribution in [2.24, 2.45) is 0 Å². The highest BCUT2D eigenvalue weighted by Gasteiger charge is 2.29. The van der Waals surface area contributed by atoms with E-state index in [-0.39, 0.29) is 24.4 Å². The van der Waals surface area contributed by atoms with Crippen molar-refractivity contribution in [3.05, 3.63) is 80.3 Å². The van der Waals surface area contributed by atoms with Crippen molar-refractivity contribution in [3.8, 4) is 0 Å². The summed E-state index contributed by atoms with van der Waals surface area (Å²) in [6.45, 7) is 4.83. The molecule has 0 spiro atoms. The minimum Gasteiger partial charge on any atom is -0.462 e. The van der Waals surface area contributed by atoms with Gasteiger partial charge in [0.2, 0.25) is 5.91 Å². The number of thiophene rings is 1. The topological polar surface area (TPSA) is 89.4 Å². The number of amides is 2. The lowest BCUT2D eigenvalue weighted by atomic mass is 10.1. The SMILES string of the molecule is CCOC(=O)c1c(NC(=O)C(C)Sc2cn(CCNC(=O)c3ccc(Cl)cc3Cl)c3ccccc23)sc2c1CCC2. The molecule has 1 aliphatic rings. The third kappa shape index (κ3) is 6.43. The first-order valence-corrected chi connectivity index (χ1v) is 15.8. The monoisotopic (exact) mass is 629 g/mol. The average Bonchev–Trinajstić information content (AvgIpc) is 3.62. The molecule has 1 unspecified atom stereocenters. The molecule has 2 aromatic carbocycles. The average molecular weight is 631 g/mol. The van der Waals surface area contributed by atoms with E-state index in [9.17, 15) is 14.4 Å². The van der Waals surface area contributed by atoms with E-state index in [1.807, 2.05) is 37.4 Å². The van der Waals surface area contributed by atoms with Crippen molar-refractivity contribution in [2.45, 2.75) is 49.8 Å². The Labute approximate surface area is 256 Å². The van der Waals surface area contributed by atoms with Gasteiger partial charge in [0.1, 0.15) is 5.00 Å². The molecule has 0 aliphatic heterocycles. The van der Waals surface area contributed by atoms with Crippen molar-refractivity contribution >= 4 is 80.0 Å². The molecule has 0 saturated carbocycles. The van der Waals surface area contributed by atoms with E-state index in [4.69, 9.17) is 27.9 Å². The molecule has 1 atom stereocenters. The second kappa shape index (κ2) is 12.9. The predicted octanol–water partition coefficient (Wildman–Crippen LogP) is 7.22. The van der Waals surface area contributed by atoms with E-state index < -0.39 is 5.25 Å². The largest absolute Gasteiger partial charge is 0.462 e. The molecule has 4 aromatic rings. The third-order valence-electron chi connectivity index (χ3n) is 6.88. The summed E-state index contributed by atoms with van der Waals surface area (Å²) in [4.78, 5) is 40.7. The van der Waals surface area contributed by atoms with E-state index >= 15 is 0 Å². The fraction of sp³-hybridized carbons (Fsp3) is 0.300. The lowest BCUT2D eigenvalue weighted by Crippen LogP contribution is -2.27. The molecule has 1 aliphatic carbocycles. The summed E-state index contributed by atoms with van der Waals surface area (Å²) in [5.41, 5.74) is 2.89. The van der Waals surface area contributed by atoms with Crippen LogP contribution in [0.15, 0.2) is 53.6 Å². The van der Waals surface area contributed by atoms with Crippen LogP contribution in [0.25, 0.3) is 10.9 Å². The number of carbonyl (C=O) groups excluding carboxylic acids is 3. The summed E-state index contributed by atoms with van der Waals surface area (Å²) in [5.74, 6) is -0.829. The molecule has 0 saturated heterocycles. The second-order valence-corrected chi connectivity index (χ2v) is 12.9. The number of anilines is 1. The minimum atomic E-state index is -0.423. The first-order valence-electron chi connectivity index (χ1n) is 13.4. The summed E-state index contributed by atoms with van der Waals surface area (Å²) in [6.07, 6.45) is 4.76. The Hall–Kier alpha value is -2.98. The van der Waals surface area contributed by atoms with Crippen LogP contribution in [-0.2, 0) is 28.9 Å². The van der Waals surface area contributed by atoms with Gasteiger partial charge in [0.05, 0.1) is 28.0 Å². The first kappa shape index (κ1) is 29.5. The van der Waals surface area contributed by atoms with Gasteiger partial charge in [0.25, 0.3) is 5.91 Å². The number of nitrogens with zero attached hydrogens (tertiary/aromatic N) is 1. The molecule has 11 heteroatoms. The molecular weight excluding hydrogens is 601 g/mol. The van der Waals surface area contributed by atoms with E-state index in [0.29, 0.717) is 39.3 Å². The minimum absolute atomic E-state index is 0.176. The molecule has 5 rings (SSSR count). The van der Waals surface area contributed by atoms with Gasteiger partial charge in [-0.1, -0.05) is 41.4 Å². The number of aryl methyl sites for hydroxylation is 1. The van der Waals surface area contributed by atoms with Crippen molar-refractivity contribution in [2.75, 3.05) is 18.5 Å². The third-order valence-corrected chi connectivity index (χ3v) is 9.78. The predicted molar refractivity (Wildman–Crippen MR) is 167 cm³/mol. The standard InChI is InChI=1S/C30H29Cl2N3O4S2/c1-3-39-30(38)26-21-8-6-10-24(21)41-29(26)34-27(36)17(2)40-25-16-35(23-9-5-4-7-20(23)25)14-13-33-28(37)19-12-11-18(31)15-22(19)32/h4-5,7,9,11-12,15-17H,3,6,8,10,13-14H2,1-2H3,(H,33,37)(H,34,36). The first-order chi connectivity index (χ1) is 19.8. The Morgan fingerprint density at radius 1 is 1.15 bits per heavy atom. The molecular formula is C30H29Cl2N3O4S2. The number of benzene rings is 2. The lowest BCUT2D eigenvalue weighted by molar-refractivity contribution is -0.115. The maximum atomic E-state index is 13.3. The zero-order valence-electron chi connectivity index (χ0n) is 22.6. The summed E-state index contributed by atoms with van der Waals surface area (Å²) in [7, 11) is 0. The molecule has 2 amide bonds. The summed E-state index contributed by atoms with van der Waals surface area (Å²) in [6, 6.07) is 12.7. The summed E-state index contributed by atoms with van der Waals surface area (Å²) in [5, 5.41) is 7.86. The number of halogens is 2. The zero-order chi connectivity index (χ0) is 29.1. The van der Waals surface area contributed by atoms with Crippen LogP contribution in [0.5, 0.6) is 0 Å². The van der Waals surface area contributed by atoms with E-state index in [1.165, 1.54) is 23.1 Å². The van der Waals surface area contributed by atoms with Gasteiger partial charge in [0, 0.05) is 45.0 Å². The van der Waals surface area contributed by atoms with Gasteiger partial charge in [-0.05, 0) is 62.9 Å². The molecule has 0 fully saturated rings. The number of rotatable bonds is 10. The van der Waals surface area contributed by atoms with Gasteiger partial charge in [-0.3, -0.25) is 9.59 Å². The number of carbonyl (C=O) groups is 3. The highest BCUT2D eigenvalue weighted by molar-refractivity contribution is 8.00. The number of thioether (sulfide) groups is 1. The molecule has 41 heavy (non-hydrogen) atoms. The molecule has 7 nitrogen and oxygen atoms in total. The van der Waals surface area contributed by atoms with Crippen LogP contribution >= 0.6 is 46.3 Å². The Kier molecular flexibility index (Phi) is 9.28. The molecule has 214 valence electrons. The normalized spacial score (nSPS) is 13.2. The number of aromatic nitrogens is 1. The fourth-order valence-electron chi connectivity index (χ4n) is 4.92. The van der Waals surface area contributed by atoms with E-state index in [0.717, 1.165) is 45.5 Å². The number of ether oxygens (including phenoxy) is 1. The Morgan fingerprint density at radius 2 is 1.95 bits per heavy atom. The summed E-state index contributed by atoms with van der Waals surface area (Å²) >= 11 is 15.0. The summed E-state index contributed by atoms with van der Waals surface area (Å²) < 4.78 is 7.36. The van der Waals surface area contributed by atoms with Gasteiger partial charge in [-0.2, -0.15) is 0 Å². The Balaban J connectivity index is 1.27. The van der Waals surface area contributed by atoms with Crippen LogP contribution in [0.4, 0.5) is 5.00 Å². The second-order valence-electron chi connectivity index (χ2n) is 9.62. The Morgan fingerprint density at radius 3 is 2.73 bits per heavy atom. The van der Waals surface area contributed by atoms with Gasteiger partial charge in [-0.25, -0.2) is 4.79 Å². The highest BCUT2D eigenvalue weighted by atomic mass is 35.5. The maximum Gasteiger partial charge on any atom is 0.341 e. The molecule has 2 aromatic heterocycles. The smallest absolute Gasteiger partial charge is 0.341 e. The number of nitrogens with one attached hydrogen (secondary N) is 2. The molecule has 2 N–H and O–H groups in total. The van der Waals surface area contributed by atoms with Gasteiger partial charge >= 0.3 is 5.97 Å². The zero-order valence-corrected chi connectivity index (χ0v) is 25.7. The highest BCUT2D eigenvalue weighted by Crippen LogP contribution is 2.40. The van der Waals surface area contributed by atoms with E-state index in [2.05, 4.69) is 15.2 Å². The van der Waals surface area contributed by atoms with Crippen LogP contribution in [0.2, 0.25) is 10.0 Å². The van der Waals surface area contributed by atoms with Gasteiger partial charge in [0.15, 0.2) is 0 Å². The van der Waals surface area contributed by atoms with Crippen LogP contribution in [-0.4, -0.2) is 40.8 Å². The van der Waals surface area contributed by atoms with Crippen LogP contribution < -0.4 is 10.6 Å². The molecule has 0 bridgehead atoms. The maximum absolute atomic E-state index is 13.3. The van der Waals surface area contributed by atoms with Gasteiger partial charge in [-0.15, -0.1) is 23.1 Å². The molecule has 0 radical (unpaired) electrons. The number of esters is 1. The molecule has 2 heterocycles. The van der Waals surface area contributed by atoms with Crippen molar-refractivity contribution in [1.29, 1.82) is 0 Å². The van der Waals surface area contributed by atoms with Crippen LogP contribution in [0.3, 0.4) is 0 Å². The van der Waals surface area contributed by atoms with Crippen LogP contribution in [0.1, 0.15) is 51.4 Å². The number of hydrogen-bond acceptors (Lipinski definition) is 6. The number of hydrogen-bond donors (Lipinski definition) is 2. The number of fused-ring (bicyclic) bond motifs is 2. The fourth-order valence-corrected chi connectivity index (χ4v) is 7.73. The Bertz CT molecular complexity index is 1630. The quantitative estimate of drug-likeness (QED) is 0.143.